The minimum absolute atomic E-state index is 0.0334. The van der Waals surface area contributed by atoms with E-state index >= 15 is 0 Å². The lowest BCUT2D eigenvalue weighted by molar-refractivity contribution is 0.581. The Balaban J connectivity index is 2.01. The Hall–Kier alpha value is -2.51. The summed E-state index contributed by atoms with van der Waals surface area (Å²) in [5.74, 6) is 0.583. The Kier molecular flexibility index (Phi) is 4.96. The standard InChI is InChI=1S/C18H20N4O2S/c1-3-25(23,24)20-12-16-21-17(14-9-7-13(2)8-10-14)18(22-16)15-6-4-5-11-19-15/h4-11,20H,3,12H2,1-2H3,(H,21,22). The number of benzene rings is 1. The van der Waals surface area contributed by atoms with Crippen LogP contribution in [0.2, 0.25) is 0 Å². The highest BCUT2D eigenvalue weighted by molar-refractivity contribution is 7.89. The molecule has 0 fully saturated rings. The van der Waals surface area contributed by atoms with E-state index in [4.69, 9.17) is 0 Å². The molecule has 25 heavy (non-hydrogen) atoms. The molecule has 0 bridgehead atoms. The van der Waals surface area contributed by atoms with Crippen LogP contribution in [0.3, 0.4) is 0 Å². The molecule has 6 nitrogen and oxygen atoms in total. The molecule has 0 aliphatic heterocycles. The molecule has 3 rings (SSSR count). The number of aromatic amines is 1. The molecule has 2 aromatic heterocycles. The molecule has 0 amide bonds. The topological polar surface area (TPSA) is 87.7 Å². The van der Waals surface area contributed by atoms with Crippen molar-refractivity contribution < 1.29 is 8.42 Å². The number of aryl methyl sites for hydroxylation is 1. The second-order valence-corrected chi connectivity index (χ2v) is 7.81. The SMILES string of the molecule is CCS(=O)(=O)NCc1nc(-c2ccc(C)cc2)c(-c2ccccn2)[nH]1. The number of pyridine rings is 1. The number of nitrogens with one attached hydrogen (secondary N) is 2. The number of rotatable bonds is 6. The van der Waals surface area contributed by atoms with E-state index in [9.17, 15) is 8.42 Å². The van der Waals surface area contributed by atoms with Crippen molar-refractivity contribution in [2.45, 2.75) is 20.4 Å². The predicted octanol–water partition coefficient (Wildman–Crippen LogP) is 2.89. The van der Waals surface area contributed by atoms with Crippen molar-refractivity contribution in [2.75, 3.05) is 5.75 Å². The summed E-state index contributed by atoms with van der Waals surface area (Å²) in [6.45, 7) is 3.74. The molecular formula is C18H20N4O2S. The van der Waals surface area contributed by atoms with Crippen LogP contribution in [0, 0.1) is 6.92 Å². The van der Waals surface area contributed by atoms with E-state index in [0.29, 0.717) is 5.82 Å². The third-order valence-corrected chi connectivity index (χ3v) is 5.18. The van der Waals surface area contributed by atoms with Gasteiger partial charge >= 0.3 is 0 Å². The van der Waals surface area contributed by atoms with Gasteiger partial charge in [-0.1, -0.05) is 35.9 Å². The van der Waals surface area contributed by atoms with Gasteiger partial charge < -0.3 is 4.98 Å². The van der Waals surface area contributed by atoms with Crippen LogP contribution in [0.5, 0.6) is 0 Å². The third kappa shape index (κ3) is 4.12. The molecule has 0 radical (unpaired) electrons. The van der Waals surface area contributed by atoms with E-state index in [1.54, 1.807) is 13.1 Å². The summed E-state index contributed by atoms with van der Waals surface area (Å²) in [7, 11) is -3.28. The molecule has 2 N–H and O–H groups in total. The van der Waals surface area contributed by atoms with Crippen LogP contribution in [0.25, 0.3) is 22.6 Å². The minimum atomic E-state index is -3.28. The molecular weight excluding hydrogens is 336 g/mol. The Morgan fingerprint density at radius 3 is 2.52 bits per heavy atom. The van der Waals surface area contributed by atoms with E-state index in [1.807, 2.05) is 49.4 Å². The van der Waals surface area contributed by atoms with Crippen molar-refractivity contribution in [3.63, 3.8) is 0 Å². The molecule has 2 heterocycles. The number of hydrogen-bond acceptors (Lipinski definition) is 4. The zero-order chi connectivity index (χ0) is 17.9. The first-order valence-electron chi connectivity index (χ1n) is 8.03. The van der Waals surface area contributed by atoms with Gasteiger partial charge in [0.2, 0.25) is 10.0 Å². The van der Waals surface area contributed by atoms with Gasteiger partial charge in [-0.2, -0.15) is 0 Å². The van der Waals surface area contributed by atoms with Crippen molar-refractivity contribution in [3.05, 3.63) is 60.0 Å². The van der Waals surface area contributed by atoms with Crippen LogP contribution < -0.4 is 4.72 Å². The maximum atomic E-state index is 11.7. The highest BCUT2D eigenvalue weighted by Gasteiger charge is 2.16. The van der Waals surface area contributed by atoms with Crippen LogP contribution in [0.4, 0.5) is 0 Å². The molecule has 130 valence electrons. The average Bonchev–Trinajstić information content (AvgIpc) is 3.06. The summed E-state index contributed by atoms with van der Waals surface area (Å²) >= 11 is 0. The quantitative estimate of drug-likeness (QED) is 0.711. The minimum Gasteiger partial charge on any atom is -0.339 e. The van der Waals surface area contributed by atoms with E-state index in [-0.39, 0.29) is 12.3 Å². The first-order chi connectivity index (χ1) is 12.0. The van der Waals surface area contributed by atoms with E-state index in [0.717, 1.165) is 28.2 Å². The van der Waals surface area contributed by atoms with Crippen molar-refractivity contribution in [1.82, 2.24) is 19.7 Å². The highest BCUT2D eigenvalue weighted by Crippen LogP contribution is 2.29. The van der Waals surface area contributed by atoms with Gasteiger partial charge in [-0.05, 0) is 26.0 Å². The lowest BCUT2D eigenvalue weighted by atomic mass is 10.1. The van der Waals surface area contributed by atoms with Crippen LogP contribution in [0.15, 0.2) is 48.7 Å². The van der Waals surface area contributed by atoms with Crippen LogP contribution in [0.1, 0.15) is 18.3 Å². The maximum absolute atomic E-state index is 11.7. The lowest BCUT2D eigenvalue weighted by Crippen LogP contribution is -2.25. The Bertz CT molecular complexity index is 949. The van der Waals surface area contributed by atoms with Crippen LogP contribution >= 0.6 is 0 Å². The van der Waals surface area contributed by atoms with Gasteiger partial charge in [0, 0.05) is 11.8 Å². The lowest BCUT2D eigenvalue weighted by Gasteiger charge is -2.02. The fourth-order valence-corrected chi connectivity index (χ4v) is 2.96. The van der Waals surface area contributed by atoms with Crippen molar-refractivity contribution in [2.24, 2.45) is 0 Å². The molecule has 7 heteroatoms. The number of aromatic nitrogens is 3. The summed E-state index contributed by atoms with van der Waals surface area (Å²) in [6.07, 6.45) is 1.72. The zero-order valence-electron chi connectivity index (χ0n) is 14.2. The molecule has 0 unspecified atom stereocenters. The van der Waals surface area contributed by atoms with E-state index < -0.39 is 10.0 Å². The van der Waals surface area contributed by atoms with Crippen molar-refractivity contribution >= 4 is 10.0 Å². The molecule has 0 atom stereocenters. The fourth-order valence-electron chi connectivity index (χ4n) is 2.40. The van der Waals surface area contributed by atoms with E-state index in [2.05, 4.69) is 19.7 Å². The van der Waals surface area contributed by atoms with Gasteiger partial charge in [0.15, 0.2) is 0 Å². The molecule has 0 saturated heterocycles. The average molecular weight is 356 g/mol. The molecule has 0 aliphatic carbocycles. The predicted molar refractivity (Wildman–Crippen MR) is 98.3 cm³/mol. The van der Waals surface area contributed by atoms with Gasteiger partial charge in [0.05, 0.1) is 29.4 Å². The summed E-state index contributed by atoms with van der Waals surface area (Å²) in [5, 5.41) is 0. The zero-order valence-corrected chi connectivity index (χ0v) is 15.0. The Labute approximate surface area is 147 Å². The fraction of sp³-hybridized carbons (Fsp3) is 0.222. The number of sulfonamides is 1. The van der Waals surface area contributed by atoms with Crippen LogP contribution in [-0.4, -0.2) is 29.1 Å². The van der Waals surface area contributed by atoms with Gasteiger partial charge in [-0.3, -0.25) is 4.98 Å². The maximum Gasteiger partial charge on any atom is 0.211 e. The van der Waals surface area contributed by atoms with Gasteiger partial charge in [-0.15, -0.1) is 0 Å². The number of imidazole rings is 1. The monoisotopic (exact) mass is 356 g/mol. The second kappa shape index (κ2) is 7.16. The molecule has 0 spiro atoms. The van der Waals surface area contributed by atoms with Crippen molar-refractivity contribution in [3.8, 4) is 22.6 Å². The largest absolute Gasteiger partial charge is 0.339 e. The Morgan fingerprint density at radius 1 is 1.12 bits per heavy atom. The summed E-state index contributed by atoms with van der Waals surface area (Å²) < 4.78 is 25.9. The van der Waals surface area contributed by atoms with Crippen LogP contribution in [-0.2, 0) is 16.6 Å². The number of nitrogens with zero attached hydrogens (tertiary/aromatic N) is 2. The van der Waals surface area contributed by atoms with E-state index in [1.165, 1.54) is 0 Å². The highest BCUT2D eigenvalue weighted by atomic mass is 32.2. The van der Waals surface area contributed by atoms with Gasteiger partial charge in [0.1, 0.15) is 5.82 Å². The first kappa shape index (κ1) is 17.3. The molecule has 3 aromatic rings. The summed E-state index contributed by atoms with van der Waals surface area (Å²) in [5.41, 5.74) is 4.40. The molecule has 1 aromatic carbocycles. The van der Waals surface area contributed by atoms with Gasteiger partial charge in [-0.25, -0.2) is 18.1 Å². The number of hydrogen-bond donors (Lipinski definition) is 2. The smallest absolute Gasteiger partial charge is 0.211 e. The molecule has 0 saturated carbocycles. The number of H-pyrrole nitrogens is 1. The normalized spacial score (nSPS) is 11.6. The van der Waals surface area contributed by atoms with Crippen molar-refractivity contribution in [1.29, 1.82) is 0 Å². The molecule has 0 aliphatic rings. The van der Waals surface area contributed by atoms with Gasteiger partial charge in [0.25, 0.3) is 0 Å². The second-order valence-electron chi connectivity index (χ2n) is 5.71. The first-order valence-corrected chi connectivity index (χ1v) is 9.68. The summed E-state index contributed by atoms with van der Waals surface area (Å²) in [4.78, 5) is 12.2. The summed E-state index contributed by atoms with van der Waals surface area (Å²) in [6, 6.07) is 13.7. The third-order valence-electron chi connectivity index (χ3n) is 3.84. The Morgan fingerprint density at radius 2 is 1.88 bits per heavy atom.